The summed E-state index contributed by atoms with van der Waals surface area (Å²) in [4.78, 5) is 8.47. The third-order valence-electron chi connectivity index (χ3n) is 2.66. The summed E-state index contributed by atoms with van der Waals surface area (Å²) in [5.74, 6) is 1.47. The van der Waals surface area contributed by atoms with Gasteiger partial charge in [0.25, 0.3) is 0 Å². The normalized spacial score (nSPS) is 10.6. The number of thiophene rings is 1. The Kier molecular flexibility index (Phi) is 3.23. The second-order valence-corrected chi connectivity index (χ2v) is 5.18. The first kappa shape index (κ1) is 12.2. The smallest absolute Gasteiger partial charge is 0.151 e. The summed E-state index contributed by atoms with van der Waals surface area (Å²) in [6, 6.07) is 7.37. The van der Waals surface area contributed by atoms with Crippen molar-refractivity contribution in [2.24, 2.45) is 0 Å². The largest absolute Gasteiger partial charge is 0.495 e. The second kappa shape index (κ2) is 5.03. The van der Waals surface area contributed by atoms with Crippen LogP contribution in [-0.4, -0.2) is 17.1 Å². The molecular weight excluding hydrogens is 282 g/mol. The van der Waals surface area contributed by atoms with Crippen molar-refractivity contribution in [1.82, 2.24) is 9.97 Å². The molecule has 0 spiro atoms. The fourth-order valence-corrected chi connectivity index (χ4v) is 2.75. The summed E-state index contributed by atoms with van der Waals surface area (Å²) in [6.07, 6.45) is 1.54. The van der Waals surface area contributed by atoms with Gasteiger partial charge in [-0.3, -0.25) is 0 Å². The molecule has 2 heterocycles. The minimum atomic E-state index is 0.639. The van der Waals surface area contributed by atoms with Gasteiger partial charge < -0.3 is 10.1 Å². The molecule has 0 saturated carbocycles. The highest BCUT2D eigenvalue weighted by Crippen LogP contribution is 2.33. The average Bonchev–Trinajstić information content (AvgIpc) is 2.88. The van der Waals surface area contributed by atoms with Gasteiger partial charge in [-0.05, 0) is 29.6 Å². The molecule has 0 amide bonds. The van der Waals surface area contributed by atoms with Crippen LogP contribution in [0.3, 0.4) is 0 Å². The molecule has 0 unspecified atom stereocenters. The number of halogens is 1. The molecule has 0 aliphatic heterocycles. The SMILES string of the molecule is COc1ccc(Cl)cc1Nc1ncnc2ccsc12. The molecule has 4 nitrogen and oxygen atoms in total. The molecule has 2 aromatic heterocycles. The van der Waals surface area contributed by atoms with E-state index < -0.39 is 0 Å². The van der Waals surface area contributed by atoms with Crippen molar-refractivity contribution >= 4 is 44.7 Å². The number of ether oxygens (including phenoxy) is 1. The number of rotatable bonds is 3. The molecule has 1 N–H and O–H groups in total. The lowest BCUT2D eigenvalue weighted by Crippen LogP contribution is -1.97. The zero-order chi connectivity index (χ0) is 13.2. The van der Waals surface area contributed by atoms with Crippen molar-refractivity contribution in [1.29, 1.82) is 0 Å². The number of methoxy groups -OCH3 is 1. The maximum absolute atomic E-state index is 6.01. The Bertz CT molecular complexity index is 729. The number of fused-ring (bicyclic) bond motifs is 1. The van der Waals surface area contributed by atoms with Gasteiger partial charge in [-0.1, -0.05) is 11.6 Å². The zero-order valence-corrected chi connectivity index (χ0v) is 11.6. The molecule has 0 saturated heterocycles. The van der Waals surface area contributed by atoms with Gasteiger partial charge in [0.15, 0.2) is 5.82 Å². The molecule has 96 valence electrons. The minimum absolute atomic E-state index is 0.639. The standard InChI is InChI=1S/C13H10ClN3OS/c1-18-11-3-2-8(14)6-10(11)17-13-12-9(4-5-19-12)15-7-16-13/h2-7H,1H3,(H,15,16,17). The summed E-state index contributed by atoms with van der Waals surface area (Å²) in [7, 11) is 1.62. The molecule has 3 rings (SSSR count). The fourth-order valence-electron chi connectivity index (χ4n) is 1.78. The van der Waals surface area contributed by atoms with Crippen LogP contribution in [0.25, 0.3) is 10.2 Å². The van der Waals surface area contributed by atoms with E-state index in [2.05, 4.69) is 15.3 Å². The number of anilines is 2. The lowest BCUT2D eigenvalue weighted by Gasteiger charge is -2.11. The summed E-state index contributed by atoms with van der Waals surface area (Å²) >= 11 is 7.60. The van der Waals surface area contributed by atoms with E-state index in [4.69, 9.17) is 16.3 Å². The number of aromatic nitrogens is 2. The van der Waals surface area contributed by atoms with Crippen LogP contribution in [0.15, 0.2) is 36.0 Å². The predicted molar refractivity (Wildman–Crippen MR) is 78.7 cm³/mol. The monoisotopic (exact) mass is 291 g/mol. The first-order valence-electron chi connectivity index (χ1n) is 5.56. The second-order valence-electron chi connectivity index (χ2n) is 3.83. The number of nitrogens with zero attached hydrogens (tertiary/aromatic N) is 2. The summed E-state index contributed by atoms with van der Waals surface area (Å²) in [6.45, 7) is 0. The van der Waals surface area contributed by atoms with Crippen LogP contribution in [-0.2, 0) is 0 Å². The van der Waals surface area contributed by atoms with Crippen LogP contribution in [0, 0.1) is 0 Å². The number of hydrogen-bond acceptors (Lipinski definition) is 5. The Morgan fingerprint density at radius 1 is 1.26 bits per heavy atom. The molecule has 6 heteroatoms. The Morgan fingerprint density at radius 3 is 3.00 bits per heavy atom. The van der Waals surface area contributed by atoms with E-state index in [0.717, 1.165) is 21.7 Å². The molecule has 0 aliphatic carbocycles. The molecule has 0 radical (unpaired) electrons. The molecule has 0 atom stereocenters. The molecule has 19 heavy (non-hydrogen) atoms. The van der Waals surface area contributed by atoms with Crippen molar-refractivity contribution in [3.63, 3.8) is 0 Å². The summed E-state index contributed by atoms with van der Waals surface area (Å²) in [5.41, 5.74) is 1.70. The highest BCUT2D eigenvalue weighted by Gasteiger charge is 2.09. The van der Waals surface area contributed by atoms with Gasteiger partial charge >= 0.3 is 0 Å². The van der Waals surface area contributed by atoms with E-state index in [0.29, 0.717) is 10.8 Å². The molecule has 0 bridgehead atoms. The molecule has 0 fully saturated rings. The lowest BCUT2D eigenvalue weighted by atomic mass is 10.3. The molecule has 1 aromatic carbocycles. The third kappa shape index (κ3) is 2.34. The topological polar surface area (TPSA) is 47.0 Å². The Morgan fingerprint density at radius 2 is 2.16 bits per heavy atom. The highest BCUT2D eigenvalue weighted by molar-refractivity contribution is 7.17. The molecule has 0 aliphatic rings. The van der Waals surface area contributed by atoms with Gasteiger partial charge in [0.1, 0.15) is 12.1 Å². The first-order chi connectivity index (χ1) is 9.28. The van der Waals surface area contributed by atoms with Crippen LogP contribution in [0.5, 0.6) is 5.75 Å². The first-order valence-corrected chi connectivity index (χ1v) is 6.82. The number of benzene rings is 1. The van der Waals surface area contributed by atoms with E-state index in [1.54, 1.807) is 24.5 Å². The quantitative estimate of drug-likeness (QED) is 0.789. The summed E-state index contributed by atoms with van der Waals surface area (Å²) < 4.78 is 6.31. The predicted octanol–water partition coefficient (Wildman–Crippen LogP) is 4.10. The Balaban J connectivity index is 2.05. The van der Waals surface area contributed by atoms with Gasteiger partial charge in [0.05, 0.1) is 23.0 Å². The lowest BCUT2D eigenvalue weighted by molar-refractivity contribution is 0.417. The van der Waals surface area contributed by atoms with E-state index in [9.17, 15) is 0 Å². The van der Waals surface area contributed by atoms with Crippen LogP contribution in [0.1, 0.15) is 0 Å². The average molecular weight is 292 g/mol. The van der Waals surface area contributed by atoms with Crippen molar-refractivity contribution in [2.75, 3.05) is 12.4 Å². The molecular formula is C13H10ClN3OS. The van der Waals surface area contributed by atoms with Crippen molar-refractivity contribution < 1.29 is 4.74 Å². The fraction of sp³-hybridized carbons (Fsp3) is 0.0769. The maximum atomic E-state index is 6.01. The van der Waals surface area contributed by atoms with Crippen LogP contribution in [0.2, 0.25) is 5.02 Å². The van der Waals surface area contributed by atoms with Gasteiger partial charge in [-0.2, -0.15) is 0 Å². The van der Waals surface area contributed by atoms with Crippen LogP contribution in [0.4, 0.5) is 11.5 Å². The van der Waals surface area contributed by atoms with Gasteiger partial charge in [-0.15, -0.1) is 11.3 Å². The van der Waals surface area contributed by atoms with E-state index in [1.807, 2.05) is 23.6 Å². The van der Waals surface area contributed by atoms with Crippen molar-refractivity contribution in [2.45, 2.75) is 0 Å². The Hall–Kier alpha value is -1.85. The summed E-state index contributed by atoms with van der Waals surface area (Å²) in [5, 5.41) is 5.87. The minimum Gasteiger partial charge on any atom is -0.495 e. The van der Waals surface area contributed by atoms with Gasteiger partial charge in [0.2, 0.25) is 0 Å². The highest BCUT2D eigenvalue weighted by atomic mass is 35.5. The van der Waals surface area contributed by atoms with Crippen LogP contribution < -0.4 is 10.1 Å². The maximum Gasteiger partial charge on any atom is 0.151 e. The van der Waals surface area contributed by atoms with E-state index in [-0.39, 0.29) is 0 Å². The van der Waals surface area contributed by atoms with Crippen molar-refractivity contribution in [3.05, 3.63) is 41.0 Å². The Labute approximate surface area is 119 Å². The van der Waals surface area contributed by atoms with E-state index >= 15 is 0 Å². The third-order valence-corrected chi connectivity index (χ3v) is 3.80. The van der Waals surface area contributed by atoms with Crippen LogP contribution >= 0.6 is 22.9 Å². The van der Waals surface area contributed by atoms with Gasteiger partial charge in [-0.25, -0.2) is 9.97 Å². The molecule has 3 aromatic rings. The zero-order valence-electron chi connectivity index (χ0n) is 10.1. The van der Waals surface area contributed by atoms with Crippen molar-refractivity contribution in [3.8, 4) is 5.75 Å². The number of hydrogen-bond donors (Lipinski definition) is 1. The van der Waals surface area contributed by atoms with Gasteiger partial charge in [0, 0.05) is 5.02 Å². The number of nitrogens with one attached hydrogen (secondary N) is 1. The van der Waals surface area contributed by atoms with E-state index in [1.165, 1.54) is 6.33 Å².